The highest BCUT2D eigenvalue weighted by atomic mass is 35.5. The molecule has 1 aliphatic rings. The molecular formula is C15H22ClN3O2S. The maximum absolute atomic E-state index is 12.1. The van der Waals surface area contributed by atoms with E-state index in [1.54, 1.807) is 19.1 Å². The van der Waals surface area contributed by atoms with E-state index in [1.807, 2.05) is 28.8 Å². The summed E-state index contributed by atoms with van der Waals surface area (Å²) in [4.78, 5) is 25.6. The van der Waals surface area contributed by atoms with Crippen molar-refractivity contribution in [3.8, 4) is 0 Å². The van der Waals surface area contributed by atoms with Crippen LogP contribution >= 0.6 is 24.2 Å². The van der Waals surface area contributed by atoms with Gasteiger partial charge in [-0.25, -0.2) is 0 Å². The molecule has 1 saturated heterocycles. The van der Waals surface area contributed by atoms with Crippen molar-refractivity contribution >= 4 is 41.7 Å². The van der Waals surface area contributed by atoms with Gasteiger partial charge in [-0.05, 0) is 24.6 Å². The van der Waals surface area contributed by atoms with Gasteiger partial charge in [-0.3, -0.25) is 9.59 Å². The zero-order valence-corrected chi connectivity index (χ0v) is 14.2. The number of amides is 2. The van der Waals surface area contributed by atoms with Crippen LogP contribution < -0.4 is 11.1 Å². The molecule has 0 radical (unpaired) electrons. The van der Waals surface area contributed by atoms with Gasteiger partial charge >= 0.3 is 0 Å². The van der Waals surface area contributed by atoms with Crippen LogP contribution in [0, 0.1) is 0 Å². The molecule has 7 heteroatoms. The molecule has 0 bridgehead atoms. The van der Waals surface area contributed by atoms with E-state index in [-0.39, 0.29) is 24.2 Å². The van der Waals surface area contributed by atoms with Crippen molar-refractivity contribution in [1.29, 1.82) is 0 Å². The van der Waals surface area contributed by atoms with Crippen LogP contribution in [-0.2, 0) is 16.0 Å². The Morgan fingerprint density at radius 1 is 1.27 bits per heavy atom. The van der Waals surface area contributed by atoms with Gasteiger partial charge in [0.15, 0.2) is 0 Å². The second-order valence-electron chi connectivity index (χ2n) is 5.14. The van der Waals surface area contributed by atoms with E-state index in [4.69, 9.17) is 5.73 Å². The first kappa shape index (κ1) is 18.8. The molecule has 1 aliphatic heterocycles. The molecule has 1 heterocycles. The van der Waals surface area contributed by atoms with Crippen molar-refractivity contribution < 1.29 is 9.59 Å². The van der Waals surface area contributed by atoms with Crippen LogP contribution in [0.25, 0.3) is 0 Å². The fourth-order valence-electron chi connectivity index (χ4n) is 2.06. The number of rotatable bonds is 4. The summed E-state index contributed by atoms with van der Waals surface area (Å²) in [6.45, 7) is 3.32. The first-order valence-electron chi connectivity index (χ1n) is 7.07. The van der Waals surface area contributed by atoms with Gasteiger partial charge < -0.3 is 16.0 Å². The fourth-order valence-corrected chi connectivity index (χ4v) is 2.96. The molecule has 1 aromatic carbocycles. The molecule has 5 nitrogen and oxygen atoms in total. The van der Waals surface area contributed by atoms with Crippen molar-refractivity contribution in [2.75, 3.05) is 29.9 Å². The number of anilines is 1. The fraction of sp³-hybridized carbons (Fsp3) is 0.467. The summed E-state index contributed by atoms with van der Waals surface area (Å²) in [7, 11) is 0. The molecule has 1 atom stereocenters. The Morgan fingerprint density at radius 3 is 2.41 bits per heavy atom. The van der Waals surface area contributed by atoms with Crippen LogP contribution in [0.5, 0.6) is 0 Å². The van der Waals surface area contributed by atoms with E-state index in [1.165, 1.54) is 0 Å². The molecule has 0 saturated carbocycles. The number of thioether (sulfide) groups is 1. The lowest BCUT2D eigenvalue weighted by molar-refractivity contribution is -0.130. The maximum atomic E-state index is 12.1. The van der Waals surface area contributed by atoms with Crippen LogP contribution in [0.1, 0.15) is 12.5 Å². The third-order valence-corrected chi connectivity index (χ3v) is 4.30. The second kappa shape index (κ2) is 9.02. The summed E-state index contributed by atoms with van der Waals surface area (Å²) in [5, 5.41) is 2.72. The quantitative estimate of drug-likeness (QED) is 0.869. The molecular weight excluding hydrogens is 322 g/mol. The first-order chi connectivity index (χ1) is 10.1. The van der Waals surface area contributed by atoms with E-state index < -0.39 is 6.04 Å². The molecule has 0 aliphatic carbocycles. The number of nitrogens with two attached hydrogens (primary N) is 1. The molecule has 122 valence electrons. The average molecular weight is 344 g/mol. The lowest BCUT2D eigenvalue weighted by Crippen LogP contribution is -2.38. The first-order valence-corrected chi connectivity index (χ1v) is 8.22. The SMILES string of the molecule is C[C@H](N)C(=O)Nc1ccc(CC(=O)N2CCSCC2)cc1.Cl. The van der Waals surface area contributed by atoms with Crippen molar-refractivity contribution in [3.63, 3.8) is 0 Å². The van der Waals surface area contributed by atoms with E-state index in [0.29, 0.717) is 12.1 Å². The smallest absolute Gasteiger partial charge is 0.240 e. The van der Waals surface area contributed by atoms with Gasteiger partial charge in [0.05, 0.1) is 12.5 Å². The topological polar surface area (TPSA) is 75.4 Å². The molecule has 2 amide bonds. The Hall–Kier alpha value is -1.24. The number of benzene rings is 1. The number of nitrogens with one attached hydrogen (secondary N) is 1. The second-order valence-corrected chi connectivity index (χ2v) is 6.37. The van der Waals surface area contributed by atoms with Crippen LogP contribution in [0.4, 0.5) is 5.69 Å². The van der Waals surface area contributed by atoms with E-state index >= 15 is 0 Å². The normalized spacial score (nSPS) is 15.6. The predicted octanol–water partition coefficient (Wildman–Crippen LogP) is 1.51. The summed E-state index contributed by atoms with van der Waals surface area (Å²) < 4.78 is 0. The highest BCUT2D eigenvalue weighted by Crippen LogP contribution is 2.14. The van der Waals surface area contributed by atoms with Gasteiger partial charge in [0, 0.05) is 30.3 Å². The van der Waals surface area contributed by atoms with Crippen LogP contribution in [0.3, 0.4) is 0 Å². The molecule has 2 rings (SSSR count). The number of hydrogen-bond acceptors (Lipinski definition) is 4. The monoisotopic (exact) mass is 343 g/mol. The number of nitrogens with zero attached hydrogens (tertiary/aromatic N) is 1. The Bertz CT molecular complexity index is 502. The summed E-state index contributed by atoms with van der Waals surface area (Å²) in [6.07, 6.45) is 0.409. The summed E-state index contributed by atoms with van der Waals surface area (Å²) in [5.41, 5.74) is 7.15. The van der Waals surface area contributed by atoms with Crippen molar-refractivity contribution in [2.24, 2.45) is 5.73 Å². The highest BCUT2D eigenvalue weighted by Gasteiger charge is 2.16. The Balaban J connectivity index is 0.00000242. The van der Waals surface area contributed by atoms with Crippen LogP contribution in [-0.4, -0.2) is 47.4 Å². The van der Waals surface area contributed by atoms with Gasteiger partial charge in [0.1, 0.15) is 0 Å². The minimum atomic E-state index is -0.539. The molecule has 0 unspecified atom stereocenters. The maximum Gasteiger partial charge on any atom is 0.240 e. The van der Waals surface area contributed by atoms with E-state index in [9.17, 15) is 9.59 Å². The lowest BCUT2D eigenvalue weighted by Gasteiger charge is -2.26. The minimum absolute atomic E-state index is 0. The summed E-state index contributed by atoms with van der Waals surface area (Å²) in [5.74, 6) is 1.99. The third-order valence-electron chi connectivity index (χ3n) is 3.35. The zero-order chi connectivity index (χ0) is 15.2. The number of halogens is 1. The summed E-state index contributed by atoms with van der Waals surface area (Å²) >= 11 is 1.89. The standard InChI is InChI=1S/C15H21N3O2S.ClH/c1-11(16)15(20)17-13-4-2-12(3-5-13)10-14(19)18-6-8-21-9-7-18;/h2-5,11H,6-10,16H2,1H3,(H,17,20);1H/t11-;/m0./s1. The Labute approximate surface area is 141 Å². The molecule has 1 fully saturated rings. The Morgan fingerprint density at radius 2 is 1.86 bits per heavy atom. The number of carbonyl (C=O) groups excluding carboxylic acids is 2. The largest absolute Gasteiger partial charge is 0.341 e. The zero-order valence-electron chi connectivity index (χ0n) is 12.6. The predicted molar refractivity (Wildman–Crippen MR) is 93.6 cm³/mol. The molecule has 0 aromatic heterocycles. The van der Waals surface area contributed by atoms with Gasteiger partial charge in [0.25, 0.3) is 0 Å². The van der Waals surface area contributed by atoms with Gasteiger partial charge in [-0.2, -0.15) is 11.8 Å². The third kappa shape index (κ3) is 5.51. The average Bonchev–Trinajstić information content (AvgIpc) is 2.50. The number of carbonyl (C=O) groups is 2. The van der Waals surface area contributed by atoms with Crippen LogP contribution in [0.15, 0.2) is 24.3 Å². The van der Waals surface area contributed by atoms with Gasteiger partial charge in [-0.1, -0.05) is 12.1 Å². The minimum Gasteiger partial charge on any atom is -0.341 e. The highest BCUT2D eigenvalue weighted by molar-refractivity contribution is 7.99. The molecule has 3 N–H and O–H groups in total. The van der Waals surface area contributed by atoms with Crippen molar-refractivity contribution in [1.82, 2.24) is 4.90 Å². The molecule has 1 aromatic rings. The van der Waals surface area contributed by atoms with E-state index in [0.717, 1.165) is 30.2 Å². The van der Waals surface area contributed by atoms with Crippen molar-refractivity contribution in [2.45, 2.75) is 19.4 Å². The molecule has 22 heavy (non-hydrogen) atoms. The van der Waals surface area contributed by atoms with Gasteiger partial charge in [0.2, 0.25) is 11.8 Å². The lowest BCUT2D eigenvalue weighted by atomic mass is 10.1. The Kier molecular flexibility index (Phi) is 7.72. The molecule has 0 spiro atoms. The number of hydrogen-bond donors (Lipinski definition) is 2. The van der Waals surface area contributed by atoms with Gasteiger partial charge in [-0.15, -0.1) is 12.4 Å². The van der Waals surface area contributed by atoms with Crippen LogP contribution in [0.2, 0.25) is 0 Å². The van der Waals surface area contributed by atoms with Crippen molar-refractivity contribution in [3.05, 3.63) is 29.8 Å². The summed E-state index contributed by atoms with van der Waals surface area (Å²) in [6, 6.07) is 6.80. The van der Waals surface area contributed by atoms with E-state index in [2.05, 4.69) is 5.32 Å².